The van der Waals surface area contributed by atoms with Gasteiger partial charge in [0.1, 0.15) is 5.82 Å². The van der Waals surface area contributed by atoms with Gasteiger partial charge in [-0.3, -0.25) is 0 Å². The maximum Gasteiger partial charge on any atom is 0.123 e. The number of hydrogen-bond donors (Lipinski definition) is 1. The molecule has 0 saturated carbocycles. The fourth-order valence-corrected chi connectivity index (χ4v) is 0.758. The molecular formula is C9H13FS. The van der Waals surface area contributed by atoms with Crippen molar-refractivity contribution in [1.82, 2.24) is 0 Å². The first-order valence-electron chi connectivity index (χ1n) is 3.65. The number of aryl methyl sites for hydroxylation is 1. The van der Waals surface area contributed by atoms with Crippen molar-refractivity contribution in [3.05, 3.63) is 29.6 Å². The molecule has 0 fully saturated rings. The van der Waals surface area contributed by atoms with Gasteiger partial charge in [-0.05, 0) is 30.7 Å². The first-order chi connectivity index (χ1) is 5.20. The molecule has 11 heavy (non-hydrogen) atoms. The smallest absolute Gasteiger partial charge is 0.123 e. The molecule has 0 unspecified atom stereocenters. The molecule has 0 spiro atoms. The van der Waals surface area contributed by atoms with Crippen LogP contribution in [0.5, 0.6) is 0 Å². The van der Waals surface area contributed by atoms with Crippen LogP contribution in [0.3, 0.4) is 0 Å². The van der Waals surface area contributed by atoms with E-state index in [-0.39, 0.29) is 5.82 Å². The molecule has 0 saturated heterocycles. The van der Waals surface area contributed by atoms with Crippen molar-refractivity contribution < 1.29 is 4.39 Å². The molecule has 0 radical (unpaired) electrons. The average molecular weight is 172 g/mol. The van der Waals surface area contributed by atoms with Crippen molar-refractivity contribution in [3.8, 4) is 0 Å². The third kappa shape index (κ3) is 3.42. The van der Waals surface area contributed by atoms with Crippen molar-refractivity contribution >= 4 is 12.6 Å². The highest BCUT2D eigenvalue weighted by Crippen LogP contribution is 2.12. The number of rotatable bonds is 0. The Morgan fingerprint density at radius 1 is 1.27 bits per heavy atom. The predicted octanol–water partition coefficient (Wildman–Crippen LogP) is 3.45. The van der Waals surface area contributed by atoms with Crippen LogP contribution in [0.25, 0.3) is 0 Å². The van der Waals surface area contributed by atoms with Gasteiger partial charge in [0.25, 0.3) is 0 Å². The normalized spacial score (nSPS) is 8.45. The van der Waals surface area contributed by atoms with E-state index < -0.39 is 0 Å². The number of hydrogen-bond acceptors (Lipinski definition) is 1. The summed E-state index contributed by atoms with van der Waals surface area (Å²) in [6, 6.07) is 4.51. The van der Waals surface area contributed by atoms with Gasteiger partial charge < -0.3 is 0 Å². The minimum atomic E-state index is -0.203. The van der Waals surface area contributed by atoms with Crippen LogP contribution >= 0.6 is 12.6 Å². The maximum atomic E-state index is 12.3. The van der Waals surface area contributed by atoms with Gasteiger partial charge in [0, 0.05) is 4.90 Å². The number of benzene rings is 1. The summed E-state index contributed by atoms with van der Waals surface area (Å²) in [5.41, 5.74) is 0.873. The van der Waals surface area contributed by atoms with Crippen LogP contribution in [0.15, 0.2) is 23.1 Å². The lowest BCUT2D eigenvalue weighted by atomic mass is 10.2. The average Bonchev–Trinajstić information content (AvgIpc) is 2.02. The van der Waals surface area contributed by atoms with E-state index in [1.165, 1.54) is 12.1 Å². The van der Waals surface area contributed by atoms with E-state index in [2.05, 4.69) is 12.6 Å². The van der Waals surface area contributed by atoms with Crippen LogP contribution < -0.4 is 0 Å². The van der Waals surface area contributed by atoms with E-state index in [4.69, 9.17) is 0 Å². The van der Waals surface area contributed by atoms with Gasteiger partial charge in [-0.2, -0.15) is 0 Å². The zero-order valence-electron chi connectivity index (χ0n) is 7.06. The second-order valence-corrected chi connectivity index (χ2v) is 2.41. The molecule has 0 aliphatic carbocycles. The zero-order valence-corrected chi connectivity index (χ0v) is 7.95. The maximum absolute atomic E-state index is 12.3. The van der Waals surface area contributed by atoms with Gasteiger partial charge in [0.2, 0.25) is 0 Å². The van der Waals surface area contributed by atoms with Gasteiger partial charge in [-0.25, -0.2) is 4.39 Å². The van der Waals surface area contributed by atoms with Crippen LogP contribution in [0, 0.1) is 12.7 Å². The molecule has 2 heteroatoms. The molecule has 1 aromatic carbocycles. The molecule has 0 aliphatic heterocycles. The summed E-state index contributed by atoms with van der Waals surface area (Å²) >= 11 is 4.08. The van der Waals surface area contributed by atoms with Crippen LogP contribution in [-0.4, -0.2) is 0 Å². The van der Waals surface area contributed by atoms with E-state index in [0.29, 0.717) is 0 Å². The van der Waals surface area contributed by atoms with E-state index >= 15 is 0 Å². The summed E-state index contributed by atoms with van der Waals surface area (Å²) in [6.07, 6.45) is 0. The standard InChI is InChI=1S/C7H7FS.C2H6/c1-5-4-6(8)2-3-7(5)9;1-2/h2-4,9H,1H3;1-2H3. The predicted molar refractivity (Wildman–Crippen MR) is 49.7 cm³/mol. The molecule has 0 atom stereocenters. The Kier molecular flexibility index (Phi) is 4.95. The fraction of sp³-hybridized carbons (Fsp3) is 0.333. The lowest BCUT2D eigenvalue weighted by Gasteiger charge is -1.95. The van der Waals surface area contributed by atoms with E-state index in [0.717, 1.165) is 10.5 Å². The van der Waals surface area contributed by atoms with Crippen molar-refractivity contribution in [2.75, 3.05) is 0 Å². The largest absolute Gasteiger partial charge is 0.207 e. The molecule has 0 heterocycles. The Hall–Kier alpha value is -0.500. The number of halogens is 1. The second kappa shape index (κ2) is 5.19. The van der Waals surface area contributed by atoms with Gasteiger partial charge in [-0.1, -0.05) is 13.8 Å². The van der Waals surface area contributed by atoms with E-state index in [9.17, 15) is 4.39 Å². The topological polar surface area (TPSA) is 0 Å². The quantitative estimate of drug-likeness (QED) is 0.569. The molecule has 0 aromatic heterocycles. The molecule has 0 N–H and O–H groups in total. The SMILES string of the molecule is CC.Cc1cc(F)ccc1S. The van der Waals surface area contributed by atoms with E-state index in [1.54, 1.807) is 6.07 Å². The molecule has 0 nitrogen and oxygen atoms in total. The van der Waals surface area contributed by atoms with E-state index in [1.807, 2.05) is 20.8 Å². The third-order valence-corrected chi connectivity index (χ3v) is 1.66. The molecule has 1 aromatic rings. The summed E-state index contributed by atoms with van der Waals surface area (Å²) in [7, 11) is 0. The highest BCUT2D eigenvalue weighted by atomic mass is 32.1. The van der Waals surface area contributed by atoms with Crippen LogP contribution in [0.2, 0.25) is 0 Å². The van der Waals surface area contributed by atoms with Crippen molar-refractivity contribution in [2.45, 2.75) is 25.7 Å². The molecule has 0 bridgehead atoms. The fourth-order valence-electron chi connectivity index (χ4n) is 0.619. The van der Waals surface area contributed by atoms with Gasteiger partial charge in [-0.15, -0.1) is 12.6 Å². The first kappa shape index (κ1) is 10.5. The summed E-state index contributed by atoms with van der Waals surface area (Å²) in [5.74, 6) is -0.203. The lowest BCUT2D eigenvalue weighted by molar-refractivity contribution is 0.625. The molecular weight excluding hydrogens is 159 g/mol. The van der Waals surface area contributed by atoms with Gasteiger partial charge >= 0.3 is 0 Å². The molecule has 0 amide bonds. The highest BCUT2D eigenvalue weighted by molar-refractivity contribution is 7.80. The van der Waals surface area contributed by atoms with Crippen molar-refractivity contribution in [2.24, 2.45) is 0 Å². The minimum absolute atomic E-state index is 0.203. The minimum Gasteiger partial charge on any atom is -0.207 e. The zero-order chi connectivity index (χ0) is 8.85. The summed E-state index contributed by atoms with van der Waals surface area (Å²) in [6.45, 7) is 5.82. The van der Waals surface area contributed by atoms with Crippen molar-refractivity contribution in [1.29, 1.82) is 0 Å². The Labute approximate surface area is 72.9 Å². The second-order valence-electron chi connectivity index (χ2n) is 1.93. The Morgan fingerprint density at radius 3 is 2.18 bits per heavy atom. The summed E-state index contributed by atoms with van der Waals surface area (Å²) < 4.78 is 12.3. The molecule has 0 aliphatic rings. The van der Waals surface area contributed by atoms with Gasteiger partial charge in [0.05, 0.1) is 0 Å². The molecule has 62 valence electrons. The Bertz CT molecular complexity index is 221. The van der Waals surface area contributed by atoms with Crippen LogP contribution in [-0.2, 0) is 0 Å². The van der Waals surface area contributed by atoms with Crippen molar-refractivity contribution in [3.63, 3.8) is 0 Å². The summed E-state index contributed by atoms with van der Waals surface area (Å²) in [5, 5.41) is 0. The molecule has 1 rings (SSSR count). The Morgan fingerprint density at radius 2 is 1.82 bits per heavy atom. The highest BCUT2D eigenvalue weighted by Gasteiger charge is 1.92. The third-order valence-electron chi connectivity index (χ3n) is 1.16. The Balaban J connectivity index is 0.000000461. The monoisotopic (exact) mass is 172 g/mol. The summed E-state index contributed by atoms with van der Waals surface area (Å²) in [4.78, 5) is 0.830. The van der Waals surface area contributed by atoms with Crippen LogP contribution in [0.1, 0.15) is 19.4 Å². The number of thiol groups is 1. The van der Waals surface area contributed by atoms with Crippen LogP contribution in [0.4, 0.5) is 4.39 Å². The van der Waals surface area contributed by atoms with Gasteiger partial charge in [0.15, 0.2) is 0 Å². The lowest BCUT2D eigenvalue weighted by Crippen LogP contribution is -1.77. The first-order valence-corrected chi connectivity index (χ1v) is 4.10.